The summed E-state index contributed by atoms with van der Waals surface area (Å²) in [4.78, 5) is 10.1. The van der Waals surface area contributed by atoms with Crippen LogP contribution in [0.3, 0.4) is 0 Å². The van der Waals surface area contributed by atoms with Crippen molar-refractivity contribution < 1.29 is 84.2 Å². The van der Waals surface area contributed by atoms with Crippen LogP contribution in [0.2, 0.25) is 0 Å². The highest BCUT2D eigenvalue weighted by Crippen LogP contribution is 2.62. The van der Waals surface area contributed by atoms with Gasteiger partial charge in [0.25, 0.3) is 0 Å². The molecule has 0 fully saturated rings. The summed E-state index contributed by atoms with van der Waals surface area (Å²) in [7, 11) is -6.07. The number of hydrogen-bond donors (Lipinski definition) is 2. The molecule has 0 rings (SSSR count). The van der Waals surface area contributed by atoms with Crippen molar-refractivity contribution in [1.82, 2.24) is 4.72 Å². The van der Waals surface area contributed by atoms with E-state index in [1.807, 2.05) is 0 Å². The minimum atomic E-state index is -8.54. The lowest BCUT2D eigenvalue weighted by atomic mass is 9.91. The minimum Gasteiger partial charge on any atom is -0.480 e. The predicted molar refractivity (Wildman–Crippen MR) is 65.2 cm³/mol. The number of hydrogen-bond acceptors (Lipinski definition) is 3. The van der Waals surface area contributed by atoms with Crippen LogP contribution in [0.1, 0.15) is 0 Å². The summed E-state index contributed by atoms with van der Waals surface area (Å²) in [5.74, 6) is -54.4. The van der Waals surface area contributed by atoms with Crippen LogP contribution in [0, 0.1) is 0 Å². The lowest BCUT2D eigenvalue weighted by Gasteiger charge is -2.41. The first-order valence-electron chi connectivity index (χ1n) is 6.65. The van der Waals surface area contributed by atoms with Crippen LogP contribution in [0.5, 0.6) is 0 Å². The normalized spacial score (nSPS) is 15.8. The zero-order valence-electron chi connectivity index (χ0n) is 13.7. The maximum atomic E-state index is 13.4. The van der Waals surface area contributed by atoms with E-state index >= 15 is 0 Å². The van der Waals surface area contributed by atoms with Gasteiger partial charge in [0, 0.05) is 0 Å². The Morgan fingerprint density at radius 3 is 1.29 bits per heavy atom. The SMILES string of the molecule is O=C(O)CNS(=O)(=O)CC(F)(F)C(F)(F)C(F)(F)C(F)(F)C(F)(F)C(F)(F)C(F)(F)F. The Kier molecular flexibility index (Phi) is 7.31. The summed E-state index contributed by atoms with van der Waals surface area (Å²) in [6, 6.07) is 0. The Morgan fingerprint density at radius 2 is 0.968 bits per heavy atom. The Labute approximate surface area is 160 Å². The molecule has 21 heteroatoms. The van der Waals surface area contributed by atoms with Crippen LogP contribution in [0.15, 0.2) is 0 Å². The van der Waals surface area contributed by atoms with Crippen LogP contribution in [-0.4, -0.2) is 73.5 Å². The highest BCUT2D eigenvalue weighted by atomic mass is 32.2. The topological polar surface area (TPSA) is 83.5 Å². The second-order valence-corrected chi connectivity index (χ2v) is 7.35. The Morgan fingerprint density at radius 1 is 0.645 bits per heavy atom. The summed E-state index contributed by atoms with van der Waals surface area (Å²) < 4.78 is 216. The first kappa shape index (κ1) is 29.3. The molecule has 0 heterocycles. The number of rotatable bonds is 10. The van der Waals surface area contributed by atoms with Crippen LogP contribution in [0.4, 0.5) is 65.9 Å². The third-order valence-electron chi connectivity index (χ3n) is 3.21. The van der Waals surface area contributed by atoms with E-state index in [1.165, 1.54) is 0 Å². The van der Waals surface area contributed by atoms with E-state index in [-0.39, 0.29) is 0 Å². The maximum Gasteiger partial charge on any atom is 0.460 e. The largest absolute Gasteiger partial charge is 0.480 e. The summed E-state index contributed by atoms with van der Waals surface area (Å²) in [6.45, 7) is -1.85. The van der Waals surface area contributed by atoms with Gasteiger partial charge in [-0.25, -0.2) is 13.1 Å². The van der Waals surface area contributed by atoms with Crippen molar-refractivity contribution in [3.63, 3.8) is 0 Å². The molecule has 0 aromatic carbocycles. The molecule has 0 aliphatic rings. The molecular weight excluding hydrogens is 515 g/mol. The highest BCUT2D eigenvalue weighted by molar-refractivity contribution is 7.89. The van der Waals surface area contributed by atoms with Crippen molar-refractivity contribution >= 4 is 16.0 Å². The van der Waals surface area contributed by atoms with E-state index in [9.17, 15) is 79.1 Å². The molecular formula is C10H6F15NO4S. The first-order valence-corrected chi connectivity index (χ1v) is 8.30. The number of carbonyl (C=O) groups is 1. The predicted octanol–water partition coefficient (Wildman–Crippen LogP) is 3.36. The fraction of sp³-hybridized carbons (Fsp3) is 0.900. The molecule has 0 spiro atoms. The first-order chi connectivity index (χ1) is 13.1. The Balaban J connectivity index is 6.41. The van der Waals surface area contributed by atoms with E-state index in [0.29, 0.717) is 4.72 Å². The minimum absolute atomic E-state index is 0.561. The van der Waals surface area contributed by atoms with Crippen molar-refractivity contribution in [3.8, 4) is 0 Å². The smallest absolute Gasteiger partial charge is 0.460 e. The van der Waals surface area contributed by atoms with Crippen molar-refractivity contribution in [1.29, 1.82) is 0 Å². The molecule has 0 saturated heterocycles. The molecule has 0 aromatic rings. The Bertz CT molecular complexity index is 788. The van der Waals surface area contributed by atoms with E-state index in [0.717, 1.165) is 0 Å². The monoisotopic (exact) mass is 521 g/mol. The van der Waals surface area contributed by atoms with Gasteiger partial charge in [-0.2, -0.15) is 65.9 Å². The molecule has 2 N–H and O–H groups in total. The van der Waals surface area contributed by atoms with Gasteiger partial charge in [0.2, 0.25) is 10.0 Å². The number of alkyl halides is 15. The lowest BCUT2D eigenvalue weighted by molar-refractivity contribution is -0.451. The van der Waals surface area contributed by atoms with Gasteiger partial charge in [-0.05, 0) is 0 Å². The third kappa shape index (κ3) is 4.75. The molecule has 0 saturated carbocycles. The summed E-state index contributed by atoms with van der Waals surface area (Å²) >= 11 is 0. The van der Waals surface area contributed by atoms with Crippen LogP contribution in [-0.2, 0) is 14.8 Å². The van der Waals surface area contributed by atoms with Gasteiger partial charge in [-0.3, -0.25) is 4.79 Å². The Hall–Kier alpha value is -1.67. The molecule has 0 aromatic heterocycles. The van der Waals surface area contributed by atoms with Gasteiger partial charge in [0.05, 0.1) is 0 Å². The number of nitrogens with one attached hydrogen (secondary N) is 1. The summed E-state index contributed by atoms with van der Waals surface area (Å²) in [5.41, 5.74) is 0. The van der Waals surface area contributed by atoms with E-state index in [4.69, 9.17) is 5.11 Å². The molecule has 0 atom stereocenters. The maximum absolute atomic E-state index is 13.4. The zero-order valence-corrected chi connectivity index (χ0v) is 14.5. The van der Waals surface area contributed by atoms with Crippen molar-refractivity contribution in [3.05, 3.63) is 0 Å². The van der Waals surface area contributed by atoms with Gasteiger partial charge < -0.3 is 5.11 Å². The van der Waals surface area contributed by atoms with E-state index in [2.05, 4.69) is 0 Å². The molecule has 0 bridgehead atoms. The number of carboxylic acids is 1. The molecule has 5 nitrogen and oxygen atoms in total. The fourth-order valence-electron chi connectivity index (χ4n) is 1.55. The van der Waals surface area contributed by atoms with Crippen molar-refractivity contribution in [2.45, 2.75) is 41.7 Å². The van der Waals surface area contributed by atoms with Crippen LogP contribution < -0.4 is 4.72 Å². The summed E-state index contributed by atoms with van der Waals surface area (Å²) in [6.07, 6.45) is -7.75. The van der Waals surface area contributed by atoms with Gasteiger partial charge in [0.1, 0.15) is 12.3 Å². The number of aliphatic carboxylic acids is 1. The fourth-order valence-corrected chi connectivity index (χ4v) is 2.66. The molecule has 0 amide bonds. The van der Waals surface area contributed by atoms with Gasteiger partial charge in [-0.1, -0.05) is 0 Å². The van der Waals surface area contributed by atoms with E-state index < -0.39 is 70.0 Å². The molecule has 0 unspecified atom stereocenters. The van der Waals surface area contributed by atoms with E-state index in [1.54, 1.807) is 0 Å². The molecule has 31 heavy (non-hydrogen) atoms. The third-order valence-corrected chi connectivity index (χ3v) is 4.53. The van der Waals surface area contributed by atoms with Crippen LogP contribution in [0.25, 0.3) is 0 Å². The average molecular weight is 521 g/mol. The number of halogens is 15. The second kappa shape index (κ2) is 7.73. The number of carboxylic acid groups (broad SMARTS) is 1. The van der Waals surface area contributed by atoms with Gasteiger partial charge in [-0.15, -0.1) is 0 Å². The van der Waals surface area contributed by atoms with Gasteiger partial charge >= 0.3 is 47.7 Å². The second-order valence-electron chi connectivity index (χ2n) is 5.55. The molecule has 0 aliphatic carbocycles. The van der Waals surface area contributed by atoms with Gasteiger partial charge in [0.15, 0.2) is 0 Å². The van der Waals surface area contributed by atoms with Crippen molar-refractivity contribution in [2.75, 3.05) is 12.3 Å². The molecule has 0 radical (unpaired) electrons. The van der Waals surface area contributed by atoms with Crippen molar-refractivity contribution in [2.24, 2.45) is 0 Å². The highest BCUT2D eigenvalue weighted by Gasteiger charge is 2.93. The lowest BCUT2D eigenvalue weighted by Crippen LogP contribution is -2.73. The number of sulfonamides is 1. The molecule has 0 aliphatic heterocycles. The zero-order chi connectivity index (χ0) is 25.7. The van der Waals surface area contributed by atoms with Crippen LogP contribution >= 0.6 is 0 Å². The molecule has 186 valence electrons. The standard InChI is InChI=1S/C10H6F15NO4S/c11-4(12,2-31(29,30)26-1-3(27)28)5(13,14)6(15,16)7(17,18)8(19,20)9(21,22)10(23,24)25/h26H,1-2H2,(H,27,28). The summed E-state index contributed by atoms with van der Waals surface area (Å²) in [5, 5.41) is 8.07. The quantitative estimate of drug-likeness (QED) is 0.433. The average Bonchev–Trinajstić information content (AvgIpc) is 2.50.